The molecule has 0 aliphatic carbocycles. The number of hydrogen-bond acceptors (Lipinski definition) is 2. The van der Waals surface area contributed by atoms with Gasteiger partial charge in [-0.3, -0.25) is 0 Å². The van der Waals surface area contributed by atoms with E-state index in [4.69, 9.17) is 5.11 Å². The van der Waals surface area contributed by atoms with Gasteiger partial charge < -0.3 is 10.4 Å². The summed E-state index contributed by atoms with van der Waals surface area (Å²) in [6, 6.07) is 1.42. The Labute approximate surface area is 105 Å². The largest absolute Gasteiger partial charge is 0.396 e. The van der Waals surface area contributed by atoms with Gasteiger partial charge in [0.2, 0.25) is 0 Å². The zero-order valence-corrected chi connectivity index (χ0v) is 10.3. The van der Waals surface area contributed by atoms with Gasteiger partial charge in [-0.25, -0.2) is 13.2 Å². The minimum Gasteiger partial charge on any atom is -0.396 e. The Morgan fingerprint density at radius 3 is 2.44 bits per heavy atom. The second-order valence-corrected chi connectivity index (χ2v) is 4.28. The van der Waals surface area contributed by atoms with Crippen LogP contribution < -0.4 is 5.32 Å². The third kappa shape index (κ3) is 4.31. The topological polar surface area (TPSA) is 32.3 Å². The number of benzene rings is 1. The summed E-state index contributed by atoms with van der Waals surface area (Å²) in [4.78, 5) is 0. The molecule has 5 heteroatoms. The number of nitrogens with one attached hydrogen (secondary N) is 1. The number of rotatable bonds is 7. The molecule has 2 N–H and O–H groups in total. The van der Waals surface area contributed by atoms with Crippen molar-refractivity contribution in [2.45, 2.75) is 26.3 Å². The molecule has 102 valence electrons. The highest BCUT2D eigenvalue weighted by Crippen LogP contribution is 2.14. The van der Waals surface area contributed by atoms with Crippen LogP contribution in [0.25, 0.3) is 0 Å². The van der Waals surface area contributed by atoms with Crippen molar-refractivity contribution in [1.29, 1.82) is 0 Å². The molecular formula is C13H18F3NO. The fraction of sp³-hybridized carbons (Fsp3) is 0.538. The maximum Gasteiger partial charge on any atom is 0.161 e. The molecule has 1 atom stereocenters. The molecule has 1 rings (SSSR count). The first-order valence-electron chi connectivity index (χ1n) is 6.03. The predicted octanol–water partition coefficient (Wildman–Crippen LogP) is 2.60. The van der Waals surface area contributed by atoms with Gasteiger partial charge >= 0.3 is 0 Å². The molecule has 1 unspecified atom stereocenters. The van der Waals surface area contributed by atoms with Crippen LogP contribution in [-0.2, 0) is 6.54 Å². The molecule has 0 radical (unpaired) electrons. The Morgan fingerprint density at radius 2 is 1.83 bits per heavy atom. The first kappa shape index (κ1) is 15.0. The van der Waals surface area contributed by atoms with E-state index in [1.165, 1.54) is 0 Å². The fourth-order valence-corrected chi connectivity index (χ4v) is 1.74. The zero-order valence-electron chi connectivity index (χ0n) is 10.3. The molecule has 1 aromatic rings. The zero-order chi connectivity index (χ0) is 13.5. The monoisotopic (exact) mass is 261 g/mol. The summed E-state index contributed by atoms with van der Waals surface area (Å²) in [5, 5.41) is 11.8. The number of aliphatic hydroxyl groups excluding tert-OH is 1. The Balaban J connectivity index is 2.51. The maximum absolute atomic E-state index is 13.3. The van der Waals surface area contributed by atoms with Crippen LogP contribution >= 0.6 is 0 Å². The molecule has 1 aromatic carbocycles. The van der Waals surface area contributed by atoms with Crippen LogP contribution in [0.15, 0.2) is 12.1 Å². The molecule has 0 bridgehead atoms. The summed E-state index contributed by atoms with van der Waals surface area (Å²) in [5.41, 5.74) is 0.104. The second kappa shape index (κ2) is 7.38. The van der Waals surface area contributed by atoms with Crippen LogP contribution in [0.5, 0.6) is 0 Å². The third-order valence-electron chi connectivity index (χ3n) is 2.95. The van der Waals surface area contributed by atoms with E-state index in [2.05, 4.69) is 5.32 Å². The lowest BCUT2D eigenvalue weighted by Gasteiger charge is -2.14. The molecule has 18 heavy (non-hydrogen) atoms. The lowest BCUT2D eigenvalue weighted by atomic mass is 10.0. The van der Waals surface area contributed by atoms with Crippen LogP contribution in [0.3, 0.4) is 0 Å². The maximum atomic E-state index is 13.3. The molecule has 0 saturated heterocycles. The lowest BCUT2D eigenvalue weighted by Crippen LogP contribution is -2.23. The van der Waals surface area contributed by atoms with Crippen molar-refractivity contribution in [1.82, 2.24) is 5.32 Å². The quantitative estimate of drug-likeness (QED) is 0.739. The van der Waals surface area contributed by atoms with E-state index in [1.807, 2.05) is 6.92 Å². The van der Waals surface area contributed by atoms with Gasteiger partial charge in [-0.2, -0.15) is 0 Å². The van der Waals surface area contributed by atoms with Crippen molar-refractivity contribution in [3.05, 3.63) is 35.1 Å². The normalized spacial score (nSPS) is 12.7. The third-order valence-corrected chi connectivity index (χ3v) is 2.95. The number of halogens is 3. The van der Waals surface area contributed by atoms with Gasteiger partial charge in [-0.15, -0.1) is 0 Å². The summed E-state index contributed by atoms with van der Waals surface area (Å²) in [5.74, 6) is -2.68. The highest BCUT2D eigenvalue weighted by atomic mass is 19.2. The van der Waals surface area contributed by atoms with E-state index >= 15 is 0 Å². The molecule has 0 amide bonds. The van der Waals surface area contributed by atoms with Gasteiger partial charge in [0.25, 0.3) is 0 Å². The molecule has 0 fully saturated rings. The highest BCUT2D eigenvalue weighted by Gasteiger charge is 2.10. The minimum absolute atomic E-state index is 0.104. The summed E-state index contributed by atoms with van der Waals surface area (Å²) in [6.45, 7) is 2.86. The van der Waals surface area contributed by atoms with E-state index in [1.54, 1.807) is 0 Å². The minimum atomic E-state index is -1.18. The van der Waals surface area contributed by atoms with Gasteiger partial charge in [0, 0.05) is 24.8 Å². The average Bonchev–Trinajstić information content (AvgIpc) is 2.34. The van der Waals surface area contributed by atoms with Crippen molar-refractivity contribution < 1.29 is 18.3 Å². The Bertz CT molecular complexity index is 385. The van der Waals surface area contributed by atoms with Crippen molar-refractivity contribution in [2.24, 2.45) is 5.92 Å². The average molecular weight is 261 g/mol. The van der Waals surface area contributed by atoms with Gasteiger partial charge in [-0.1, -0.05) is 13.3 Å². The second-order valence-electron chi connectivity index (χ2n) is 4.28. The number of hydrogen-bond donors (Lipinski definition) is 2. The molecule has 0 aliphatic rings. The summed E-state index contributed by atoms with van der Waals surface area (Å²) in [7, 11) is 0. The fourth-order valence-electron chi connectivity index (χ4n) is 1.74. The van der Waals surface area contributed by atoms with E-state index in [0.29, 0.717) is 24.9 Å². The SMILES string of the molecule is CCC(CCO)CNCc1cc(F)c(F)cc1F. The van der Waals surface area contributed by atoms with Crippen LogP contribution in [0.1, 0.15) is 25.3 Å². The Hall–Kier alpha value is -1.07. The lowest BCUT2D eigenvalue weighted by molar-refractivity contribution is 0.251. The molecular weight excluding hydrogens is 243 g/mol. The van der Waals surface area contributed by atoms with Crippen molar-refractivity contribution >= 4 is 0 Å². The molecule has 2 nitrogen and oxygen atoms in total. The first-order chi connectivity index (χ1) is 8.58. The first-order valence-corrected chi connectivity index (χ1v) is 6.03. The molecule has 0 heterocycles. The molecule has 0 aromatic heterocycles. The summed E-state index contributed by atoms with van der Waals surface area (Å²) < 4.78 is 38.9. The predicted molar refractivity (Wildman–Crippen MR) is 63.5 cm³/mol. The van der Waals surface area contributed by atoms with Crippen LogP contribution in [-0.4, -0.2) is 18.3 Å². The van der Waals surface area contributed by atoms with Gasteiger partial charge in [0.05, 0.1) is 0 Å². The van der Waals surface area contributed by atoms with Crippen molar-refractivity contribution in [2.75, 3.05) is 13.2 Å². The van der Waals surface area contributed by atoms with Crippen molar-refractivity contribution in [3.63, 3.8) is 0 Å². The van der Waals surface area contributed by atoms with Gasteiger partial charge in [-0.05, 0) is 24.9 Å². The summed E-state index contributed by atoms with van der Waals surface area (Å²) >= 11 is 0. The standard InChI is InChI=1S/C13H18F3NO/c1-2-9(3-4-18)7-17-8-10-5-12(15)13(16)6-11(10)14/h5-6,9,17-18H,2-4,7-8H2,1H3. The van der Waals surface area contributed by atoms with E-state index in [-0.39, 0.29) is 18.7 Å². The molecule has 0 spiro atoms. The Kier molecular flexibility index (Phi) is 6.15. The van der Waals surface area contributed by atoms with E-state index < -0.39 is 17.5 Å². The van der Waals surface area contributed by atoms with Crippen LogP contribution in [0, 0.1) is 23.4 Å². The molecule has 0 aliphatic heterocycles. The highest BCUT2D eigenvalue weighted by molar-refractivity contribution is 5.19. The van der Waals surface area contributed by atoms with Crippen molar-refractivity contribution in [3.8, 4) is 0 Å². The van der Waals surface area contributed by atoms with Crippen LogP contribution in [0.4, 0.5) is 13.2 Å². The van der Waals surface area contributed by atoms with E-state index in [0.717, 1.165) is 12.5 Å². The number of aliphatic hydroxyl groups is 1. The van der Waals surface area contributed by atoms with Crippen LogP contribution in [0.2, 0.25) is 0 Å². The smallest absolute Gasteiger partial charge is 0.161 e. The van der Waals surface area contributed by atoms with E-state index in [9.17, 15) is 13.2 Å². The Morgan fingerprint density at radius 1 is 1.17 bits per heavy atom. The molecule has 0 saturated carbocycles. The summed E-state index contributed by atoms with van der Waals surface area (Å²) in [6.07, 6.45) is 1.57. The van der Waals surface area contributed by atoms with Gasteiger partial charge in [0.1, 0.15) is 5.82 Å². The van der Waals surface area contributed by atoms with Gasteiger partial charge in [0.15, 0.2) is 11.6 Å².